The number of aliphatic carboxylic acids is 1. The van der Waals surface area contributed by atoms with Crippen molar-refractivity contribution in [3.63, 3.8) is 0 Å². The SMILES string of the molecule is CC1(O)CCN(C(=O)N2CCCCCC2C(=O)O)C1. The summed E-state index contributed by atoms with van der Waals surface area (Å²) in [6.07, 6.45) is 3.72. The first-order valence-electron chi connectivity index (χ1n) is 6.91. The number of carboxylic acid groups (broad SMARTS) is 1. The second-order valence-corrected chi connectivity index (χ2v) is 5.85. The van der Waals surface area contributed by atoms with Crippen LogP contribution >= 0.6 is 0 Å². The summed E-state index contributed by atoms with van der Waals surface area (Å²) >= 11 is 0. The molecule has 2 heterocycles. The Morgan fingerprint density at radius 2 is 1.95 bits per heavy atom. The highest BCUT2D eigenvalue weighted by Crippen LogP contribution is 2.24. The molecule has 19 heavy (non-hydrogen) atoms. The summed E-state index contributed by atoms with van der Waals surface area (Å²) < 4.78 is 0. The number of likely N-dealkylation sites (tertiary alicyclic amines) is 2. The monoisotopic (exact) mass is 270 g/mol. The summed E-state index contributed by atoms with van der Waals surface area (Å²) in [6, 6.07) is -0.965. The highest BCUT2D eigenvalue weighted by molar-refractivity contribution is 5.83. The zero-order valence-corrected chi connectivity index (χ0v) is 11.3. The van der Waals surface area contributed by atoms with E-state index in [0.717, 1.165) is 19.3 Å². The predicted octanol–water partition coefficient (Wildman–Crippen LogP) is 0.892. The maximum atomic E-state index is 12.4. The quantitative estimate of drug-likeness (QED) is 0.741. The molecule has 2 aliphatic heterocycles. The van der Waals surface area contributed by atoms with E-state index in [1.54, 1.807) is 11.8 Å². The predicted molar refractivity (Wildman–Crippen MR) is 68.8 cm³/mol. The first-order valence-corrected chi connectivity index (χ1v) is 6.91. The van der Waals surface area contributed by atoms with Gasteiger partial charge in [-0.2, -0.15) is 0 Å². The molecule has 0 aromatic rings. The number of rotatable bonds is 1. The molecule has 108 valence electrons. The number of carbonyl (C=O) groups is 2. The van der Waals surface area contributed by atoms with Crippen molar-refractivity contribution in [1.82, 2.24) is 9.80 Å². The van der Waals surface area contributed by atoms with Crippen molar-refractivity contribution in [2.45, 2.75) is 50.7 Å². The summed E-state index contributed by atoms with van der Waals surface area (Å²) in [4.78, 5) is 26.8. The topological polar surface area (TPSA) is 81.1 Å². The van der Waals surface area contributed by atoms with E-state index >= 15 is 0 Å². The summed E-state index contributed by atoms with van der Waals surface area (Å²) in [6.45, 7) is 2.98. The molecule has 2 unspecified atom stereocenters. The van der Waals surface area contributed by atoms with Gasteiger partial charge in [0.15, 0.2) is 0 Å². The number of carboxylic acids is 1. The van der Waals surface area contributed by atoms with Gasteiger partial charge in [0.2, 0.25) is 0 Å². The fourth-order valence-electron chi connectivity index (χ4n) is 2.88. The Morgan fingerprint density at radius 1 is 1.21 bits per heavy atom. The van der Waals surface area contributed by atoms with Gasteiger partial charge < -0.3 is 20.0 Å². The van der Waals surface area contributed by atoms with Crippen LogP contribution in [0.2, 0.25) is 0 Å². The minimum absolute atomic E-state index is 0.243. The Kier molecular flexibility index (Phi) is 3.99. The molecule has 0 radical (unpaired) electrons. The molecule has 2 fully saturated rings. The molecular weight excluding hydrogens is 248 g/mol. The van der Waals surface area contributed by atoms with Gasteiger partial charge in [0, 0.05) is 13.1 Å². The first kappa shape index (κ1) is 14.1. The van der Waals surface area contributed by atoms with Crippen LogP contribution in [0.5, 0.6) is 0 Å². The van der Waals surface area contributed by atoms with Gasteiger partial charge in [-0.25, -0.2) is 9.59 Å². The van der Waals surface area contributed by atoms with E-state index in [2.05, 4.69) is 0 Å². The Bertz CT molecular complexity index is 370. The number of hydrogen-bond acceptors (Lipinski definition) is 3. The molecule has 2 rings (SSSR count). The summed E-state index contributed by atoms with van der Waals surface area (Å²) in [5.41, 5.74) is -0.847. The molecule has 2 atom stereocenters. The van der Waals surface area contributed by atoms with Crippen LogP contribution in [0.1, 0.15) is 39.0 Å². The van der Waals surface area contributed by atoms with Crippen LogP contribution in [0.3, 0.4) is 0 Å². The first-order chi connectivity index (χ1) is 8.91. The maximum Gasteiger partial charge on any atom is 0.326 e. The molecule has 2 amide bonds. The van der Waals surface area contributed by atoms with Gasteiger partial charge in [0.05, 0.1) is 12.1 Å². The lowest BCUT2D eigenvalue weighted by Gasteiger charge is -2.31. The van der Waals surface area contributed by atoms with Gasteiger partial charge in [-0.1, -0.05) is 12.8 Å². The third-order valence-corrected chi connectivity index (χ3v) is 4.01. The van der Waals surface area contributed by atoms with Crippen LogP contribution in [-0.4, -0.2) is 63.3 Å². The Morgan fingerprint density at radius 3 is 2.53 bits per heavy atom. The molecule has 2 aliphatic rings. The van der Waals surface area contributed by atoms with Gasteiger partial charge in [-0.15, -0.1) is 0 Å². The van der Waals surface area contributed by atoms with Crippen molar-refractivity contribution in [2.75, 3.05) is 19.6 Å². The standard InChI is InChI=1S/C13H22N2O4/c1-13(19)6-8-14(9-13)12(18)15-7-4-2-3-5-10(15)11(16)17/h10,19H,2-9H2,1H3,(H,16,17). The van der Waals surface area contributed by atoms with Crippen LogP contribution in [0, 0.1) is 0 Å². The van der Waals surface area contributed by atoms with E-state index in [9.17, 15) is 19.8 Å². The number of urea groups is 1. The van der Waals surface area contributed by atoms with E-state index in [-0.39, 0.29) is 12.6 Å². The molecule has 0 bridgehead atoms. The molecule has 6 nitrogen and oxygen atoms in total. The average molecular weight is 270 g/mol. The molecule has 0 aliphatic carbocycles. The van der Waals surface area contributed by atoms with Crippen molar-refractivity contribution < 1.29 is 19.8 Å². The Hall–Kier alpha value is -1.30. The van der Waals surface area contributed by atoms with Gasteiger partial charge in [-0.05, 0) is 26.2 Å². The third kappa shape index (κ3) is 3.18. The molecule has 0 aromatic heterocycles. The maximum absolute atomic E-state index is 12.4. The van der Waals surface area contributed by atoms with Crippen LogP contribution in [0.4, 0.5) is 4.79 Å². The zero-order valence-electron chi connectivity index (χ0n) is 11.3. The number of amides is 2. The lowest BCUT2D eigenvalue weighted by Crippen LogP contribution is -2.50. The van der Waals surface area contributed by atoms with Crippen molar-refractivity contribution in [1.29, 1.82) is 0 Å². The summed E-state index contributed by atoms with van der Waals surface area (Å²) in [7, 11) is 0. The van der Waals surface area contributed by atoms with E-state index in [4.69, 9.17) is 0 Å². The van der Waals surface area contributed by atoms with Gasteiger partial charge in [0.1, 0.15) is 6.04 Å². The van der Waals surface area contributed by atoms with Gasteiger partial charge >= 0.3 is 12.0 Å². The minimum Gasteiger partial charge on any atom is -0.480 e. The van der Waals surface area contributed by atoms with Crippen molar-refractivity contribution in [2.24, 2.45) is 0 Å². The zero-order chi connectivity index (χ0) is 14.0. The van der Waals surface area contributed by atoms with E-state index in [1.165, 1.54) is 4.90 Å². The van der Waals surface area contributed by atoms with Crippen LogP contribution in [0.15, 0.2) is 0 Å². The van der Waals surface area contributed by atoms with Crippen molar-refractivity contribution in [3.05, 3.63) is 0 Å². The van der Waals surface area contributed by atoms with Gasteiger partial charge in [0.25, 0.3) is 0 Å². The molecule has 2 saturated heterocycles. The number of β-amino-alcohol motifs (C(OH)–C–C–N with tert-alkyl or cyclic N) is 1. The van der Waals surface area contributed by atoms with E-state index in [1.807, 2.05) is 0 Å². The summed E-state index contributed by atoms with van der Waals surface area (Å²) in [5.74, 6) is -0.929. The Balaban J connectivity index is 2.09. The van der Waals surface area contributed by atoms with Crippen molar-refractivity contribution >= 4 is 12.0 Å². The Labute approximate surface area is 113 Å². The normalized spacial score (nSPS) is 32.2. The second-order valence-electron chi connectivity index (χ2n) is 5.85. The molecule has 0 saturated carbocycles. The number of nitrogens with zero attached hydrogens (tertiary/aromatic N) is 2. The molecule has 6 heteroatoms. The molecule has 0 spiro atoms. The van der Waals surface area contributed by atoms with Gasteiger partial charge in [-0.3, -0.25) is 0 Å². The highest BCUT2D eigenvalue weighted by Gasteiger charge is 2.39. The lowest BCUT2D eigenvalue weighted by atomic mass is 10.1. The van der Waals surface area contributed by atoms with Crippen LogP contribution < -0.4 is 0 Å². The highest BCUT2D eigenvalue weighted by atomic mass is 16.4. The molecule has 2 N–H and O–H groups in total. The number of carbonyl (C=O) groups excluding carboxylic acids is 1. The third-order valence-electron chi connectivity index (χ3n) is 4.01. The molecule has 0 aromatic carbocycles. The van der Waals surface area contributed by atoms with Crippen LogP contribution in [-0.2, 0) is 4.79 Å². The van der Waals surface area contributed by atoms with Crippen LogP contribution in [0.25, 0.3) is 0 Å². The minimum atomic E-state index is -0.929. The van der Waals surface area contributed by atoms with E-state index < -0.39 is 17.6 Å². The molecular formula is C13H22N2O4. The lowest BCUT2D eigenvalue weighted by molar-refractivity contribution is -0.142. The number of aliphatic hydroxyl groups is 1. The fourth-order valence-corrected chi connectivity index (χ4v) is 2.88. The fraction of sp³-hybridized carbons (Fsp3) is 0.846. The smallest absolute Gasteiger partial charge is 0.326 e. The average Bonchev–Trinajstić information content (AvgIpc) is 2.57. The largest absolute Gasteiger partial charge is 0.480 e. The second kappa shape index (κ2) is 5.36. The number of hydrogen-bond donors (Lipinski definition) is 2. The summed E-state index contributed by atoms with van der Waals surface area (Å²) in [5, 5.41) is 19.2. The van der Waals surface area contributed by atoms with Crippen molar-refractivity contribution in [3.8, 4) is 0 Å². The van der Waals surface area contributed by atoms with E-state index in [0.29, 0.717) is 25.9 Å².